The molecule has 35 heavy (non-hydrogen) atoms. The number of fused-ring (bicyclic) bond motifs is 2. The van der Waals surface area contributed by atoms with E-state index in [1.807, 2.05) is 55.5 Å². The fraction of sp³-hybridized carbons (Fsp3) is 0.241. The monoisotopic (exact) mass is 471 g/mol. The van der Waals surface area contributed by atoms with Gasteiger partial charge in [-0.2, -0.15) is 0 Å². The Morgan fingerprint density at radius 2 is 1.83 bits per heavy atom. The van der Waals surface area contributed by atoms with Gasteiger partial charge in [0.25, 0.3) is 5.91 Å². The van der Waals surface area contributed by atoms with Gasteiger partial charge in [0, 0.05) is 5.69 Å². The van der Waals surface area contributed by atoms with E-state index < -0.39 is 23.2 Å². The normalized spacial score (nSPS) is 15.2. The molecule has 1 amide bonds. The number of ether oxygens (including phenoxy) is 1. The lowest BCUT2D eigenvalue weighted by Gasteiger charge is -2.26. The van der Waals surface area contributed by atoms with Crippen LogP contribution >= 0.6 is 0 Å². The van der Waals surface area contributed by atoms with Gasteiger partial charge in [-0.05, 0) is 72.9 Å². The van der Waals surface area contributed by atoms with Crippen molar-refractivity contribution >= 4 is 22.6 Å². The zero-order valence-corrected chi connectivity index (χ0v) is 19.9. The quantitative estimate of drug-likeness (QED) is 0.326. The van der Waals surface area contributed by atoms with Crippen molar-refractivity contribution in [3.05, 3.63) is 105 Å². The van der Waals surface area contributed by atoms with Crippen LogP contribution in [0.5, 0.6) is 5.75 Å². The molecule has 0 fully saturated rings. The van der Waals surface area contributed by atoms with E-state index in [2.05, 4.69) is 13.8 Å². The first kappa shape index (κ1) is 22.8. The van der Waals surface area contributed by atoms with Crippen LogP contribution in [0.4, 0.5) is 10.1 Å². The second kappa shape index (κ2) is 9.02. The van der Waals surface area contributed by atoms with Crippen molar-refractivity contribution in [2.24, 2.45) is 5.92 Å². The third-order valence-corrected chi connectivity index (χ3v) is 6.25. The minimum Gasteiger partial charge on any atom is -0.494 e. The maximum absolute atomic E-state index is 14.0. The molecule has 1 atom stereocenters. The number of carbonyl (C=O) groups is 1. The van der Waals surface area contributed by atoms with Gasteiger partial charge in [-0.25, -0.2) is 4.39 Å². The average Bonchev–Trinajstić information content (AvgIpc) is 3.12. The Balaban J connectivity index is 1.69. The zero-order chi connectivity index (χ0) is 24.7. The molecule has 1 aliphatic rings. The molecule has 178 valence electrons. The van der Waals surface area contributed by atoms with Crippen LogP contribution in [0.2, 0.25) is 0 Å². The van der Waals surface area contributed by atoms with Gasteiger partial charge in [0.05, 0.1) is 23.6 Å². The van der Waals surface area contributed by atoms with Crippen LogP contribution in [0.15, 0.2) is 75.9 Å². The Morgan fingerprint density at radius 3 is 2.60 bits per heavy atom. The Bertz CT molecular complexity index is 1490. The number of anilines is 1. The summed E-state index contributed by atoms with van der Waals surface area (Å²) in [6, 6.07) is 18.0. The maximum Gasteiger partial charge on any atom is 0.295 e. The molecule has 1 aromatic heterocycles. The predicted molar refractivity (Wildman–Crippen MR) is 134 cm³/mol. The molecule has 4 aromatic rings. The van der Waals surface area contributed by atoms with E-state index >= 15 is 0 Å². The van der Waals surface area contributed by atoms with Crippen molar-refractivity contribution in [3.63, 3.8) is 0 Å². The molecule has 0 saturated carbocycles. The van der Waals surface area contributed by atoms with Crippen LogP contribution in [0.1, 0.15) is 53.6 Å². The maximum atomic E-state index is 14.0. The van der Waals surface area contributed by atoms with E-state index in [0.717, 1.165) is 18.1 Å². The van der Waals surface area contributed by atoms with Crippen LogP contribution < -0.4 is 15.1 Å². The highest BCUT2D eigenvalue weighted by Gasteiger charge is 2.43. The Kier molecular flexibility index (Phi) is 5.89. The number of benzene rings is 3. The van der Waals surface area contributed by atoms with Crippen LogP contribution in [-0.2, 0) is 0 Å². The van der Waals surface area contributed by atoms with Crippen molar-refractivity contribution in [3.8, 4) is 5.75 Å². The molecule has 0 saturated heterocycles. The summed E-state index contributed by atoms with van der Waals surface area (Å²) < 4.78 is 25.9. The third kappa shape index (κ3) is 4.20. The van der Waals surface area contributed by atoms with Crippen LogP contribution in [0.25, 0.3) is 11.0 Å². The Labute approximate surface area is 202 Å². The summed E-state index contributed by atoms with van der Waals surface area (Å²) in [5.74, 6) is 0.190. The highest BCUT2D eigenvalue weighted by atomic mass is 19.1. The third-order valence-electron chi connectivity index (χ3n) is 6.25. The van der Waals surface area contributed by atoms with Crippen molar-refractivity contribution in [1.82, 2.24) is 0 Å². The van der Waals surface area contributed by atoms with Gasteiger partial charge in [-0.15, -0.1) is 0 Å². The number of halogens is 1. The molecule has 5 nitrogen and oxygen atoms in total. The number of nitrogens with zero attached hydrogens (tertiary/aromatic N) is 1. The molecule has 6 heteroatoms. The van der Waals surface area contributed by atoms with Crippen LogP contribution in [0.3, 0.4) is 0 Å². The lowest BCUT2D eigenvalue weighted by Crippen LogP contribution is -2.29. The van der Waals surface area contributed by atoms with E-state index in [9.17, 15) is 14.0 Å². The van der Waals surface area contributed by atoms with Gasteiger partial charge < -0.3 is 9.15 Å². The minimum atomic E-state index is -0.739. The first-order valence-electron chi connectivity index (χ1n) is 11.7. The molecular weight excluding hydrogens is 445 g/mol. The lowest BCUT2D eigenvalue weighted by molar-refractivity contribution is 0.0971. The number of carbonyl (C=O) groups excluding carboxylic acids is 1. The predicted octanol–water partition coefficient (Wildman–Crippen LogP) is 6.42. The van der Waals surface area contributed by atoms with Crippen molar-refractivity contribution in [2.75, 3.05) is 11.5 Å². The van der Waals surface area contributed by atoms with Gasteiger partial charge in [0.1, 0.15) is 17.1 Å². The molecule has 1 aliphatic heterocycles. The smallest absolute Gasteiger partial charge is 0.295 e. The number of amides is 1. The van der Waals surface area contributed by atoms with E-state index in [4.69, 9.17) is 9.15 Å². The number of hydrogen-bond acceptors (Lipinski definition) is 4. The summed E-state index contributed by atoms with van der Waals surface area (Å²) in [5, 5.41) is 0.108. The number of aryl methyl sites for hydroxylation is 1. The summed E-state index contributed by atoms with van der Waals surface area (Å²) >= 11 is 0. The van der Waals surface area contributed by atoms with Crippen LogP contribution in [0, 0.1) is 18.7 Å². The van der Waals surface area contributed by atoms with E-state index in [-0.39, 0.29) is 22.3 Å². The first-order valence-corrected chi connectivity index (χ1v) is 11.7. The molecule has 0 bridgehead atoms. The SMILES string of the molecule is Cc1cccc(N2C(=O)c3oc4ccc(F)cc4c(=O)c3C2c2cccc(OCCC(C)C)c2)c1. The van der Waals surface area contributed by atoms with E-state index in [0.29, 0.717) is 29.5 Å². The summed E-state index contributed by atoms with van der Waals surface area (Å²) in [6.07, 6.45) is 0.908. The number of rotatable bonds is 6. The number of hydrogen-bond donors (Lipinski definition) is 0. The van der Waals surface area contributed by atoms with Crippen molar-refractivity contribution in [1.29, 1.82) is 0 Å². The molecule has 1 unspecified atom stereocenters. The molecule has 2 heterocycles. The zero-order valence-electron chi connectivity index (χ0n) is 19.9. The second-order valence-electron chi connectivity index (χ2n) is 9.33. The second-order valence-corrected chi connectivity index (χ2v) is 9.33. The Hall–Kier alpha value is -3.93. The van der Waals surface area contributed by atoms with Gasteiger partial charge in [0.2, 0.25) is 5.76 Å². The summed E-state index contributed by atoms with van der Waals surface area (Å²) in [5.41, 5.74) is 2.30. The van der Waals surface area contributed by atoms with Crippen molar-refractivity contribution < 1.29 is 18.3 Å². The molecule has 0 spiro atoms. The minimum absolute atomic E-state index is 0.0215. The van der Waals surface area contributed by atoms with Crippen molar-refractivity contribution in [2.45, 2.75) is 33.2 Å². The van der Waals surface area contributed by atoms with Gasteiger partial charge in [0.15, 0.2) is 5.43 Å². The largest absolute Gasteiger partial charge is 0.494 e. The topological polar surface area (TPSA) is 59.8 Å². The van der Waals surface area contributed by atoms with Gasteiger partial charge in [-0.1, -0.05) is 38.1 Å². The van der Waals surface area contributed by atoms with E-state index in [1.54, 1.807) is 4.90 Å². The highest BCUT2D eigenvalue weighted by Crippen LogP contribution is 2.42. The average molecular weight is 472 g/mol. The molecule has 0 N–H and O–H groups in total. The van der Waals surface area contributed by atoms with Crippen LogP contribution in [-0.4, -0.2) is 12.5 Å². The molecule has 0 aliphatic carbocycles. The van der Waals surface area contributed by atoms with E-state index in [1.165, 1.54) is 12.1 Å². The highest BCUT2D eigenvalue weighted by molar-refractivity contribution is 6.10. The molecule has 5 rings (SSSR count). The fourth-order valence-electron chi connectivity index (χ4n) is 4.49. The summed E-state index contributed by atoms with van der Waals surface area (Å²) in [7, 11) is 0. The standard InChI is InChI=1S/C29H26FNO4/c1-17(2)12-13-34-22-9-5-7-19(15-22)26-25-27(32)23-16-20(30)10-11-24(23)35-28(25)29(33)31(26)21-8-4-6-18(3)14-21/h4-11,14-17,26H,12-13H2,1-3H3. The molecule has 3 aromatic carbocycles. The summed E-state index contributed by atoms with van der Waals surface area (Å²) in [6.45, 7) is 6.77. The summed E-state index contributed by atoms with van der Waals surface area (Å²) in [4.78, 5) is 28.9. The fourth-order valence-corrected chi connectivity index (χ4v) is 4.49. The lowest BCUT2D eigenvalue weighted by atomic mass is 9.98. The van der Waals surface area contributed by atoms with Gasteiger partial charge >= 0.3 is 0 Å². The Morgan fingerprint density at radius 1 is 1.03 bits per heavy atom. The molecular formula is C29H26FNO4. The molecule has 0 radical (unpaired) electrons. The van der Waals surface area contributed by atoms with Gasteiger partial charge in [-0.3, -0.25) is 14.5 Å². The first-order chi connectivity index (χ1) is 16.8.